The van der Waals surface area contributed by atoms with E-state index in [9.17, 15) is 0 Å². The van der Waals surface area contributed by atoms with Crippen LogP contribution in [0.5, 0.6) is 0 Å². The highest BCUT2D eigenvalue weighted by molar-refractivity contribution is 5.47. The highest BCUT2D eigenvalue weighted by Gasteiger charge is 2.14. The predicted molar refractivity (Wildman–Crippen MR) is 74.5 cm³/mol. The van der Waals surface area contributed by atoms with Gasteiger partial charge in [0.25, 0.3) is 0 Å². The van der Waals surface area contributed by atoms with Gasteiger partial charge in [0.2, 0.25) is 0 Å². The van der Waals surface area contributed by atoms with E-state index >= 15 is 0 Å². The molecule has 0 fully saturated rings. The van der Waals surface area contributed by atoms with Crippen molar-refractivity contribution in [1.82, 2.24) is 9.78 Å². The predicted octanol–water partition coefficient (Wildman–Crippen LogP) is 2.15. The summed E-state index contributed by atoms with van der Waals surface area (Å²) in [7, 11) is 1.94. The Morgan fingerprint density at radius 1 is 1.28 bits per heavy atom. The van der Waals surface area contributed by atoms with E-state index in [2.05, 4.69) is 48.5 Å². The van der Waals surface area contributed by atoms with Gasteiger partial charge in [0.15, 0.2) is 0 Å². The van der Waals surface area contributed by atoms with E-state index in [0.717, 1.165) is 16.9 Å². The average molecular weight is 244 g/mol. The number of nitrogens with one attached hydrogen (secondary N) is 1. The van der Waals surface area contributed by atoms with E-state index < -0.39 is 0 Å². The number of hydrogen-bond acceptors (Lipinski definition) is 3. The molecule has 0 aliphatic rings. The molecule has 0 amide bonds. The molecular weight excluding hydrogens is 224 g/mol. The molecule has 1 heterocycles. The molecule has 0 radical (unpaired) electrons. The number of aryl methyl sites for hydroxylation is 2. The number of hydrogen-bond donors (Lipinski definition) is 2. The van der Waals surface area contributed by atoms with Gasteiger partial charge in [0.1, 0.15) is 0 Å². The summed E-state index contributed by atoms with van der Waals surface area (Å²) in [5, 5.41) is 7.71. The highest BCUT2D eigenvalue weighted by atomic mass is 15.3. The zero-order chi connectivity index (χ0) is 13.1. The molecule has 2 aromatic rings. The van der Waals surface area contributed by atoms with Gasteiger partial charge in [0, 0.05) is 30.5 Å². The normalized spacial score (nSPS) is 12.4. The summed E-state index contributed by atoms with van der Waals surface area (Å²) < 4.78 is 1.87. The molecule has 0 aliphatic heterocycles. The highest BCUT2D eigenvalue weighted by Crippen LogP contribution is 2.21. The van der Waals surface area contributed by atoms with Crippen LogP contribution in [0.15, 0.2) is 30.5 Å². The van der Waals surface area contributed by atoms with E-state index in [1.54, 1.807) is 0 Å². The van der Waals surface area contributed by atoms with Gasteiger partial charge in [-0.05, 0) is 26.0 Å². The topological polar surface area (TPSA) is 55.9 Å². The van der Waals surface area contributed by atoms with Crippen LogP contribution in [0, 0.1) is 13.8 Å². The summed E-state index contributed by atoms with van der Waals surface area (Å²) in [4.78, 5) is 0. The van der Waals surface area contributed by atoms with Gasteiger partial charge in [-0.3, -0.25) is 4.68 Å². The lowest BCUT2D eigenvalue weighted by atomic mass is 10.1. The largest absolute Gasteiger partial charge is 0.377 e. The summed E-state index contributed by atoms with van der Waals surface area (Å²) in [6.45, 7) is 4.68. The minimum absolute atomic E-state index is 0.0985. The number of benzene rings is 1. The molecule has 1 unspecified atom stereocenters. The first-order valence-corrected chi connectivity index (χ1v) is 6.13. The summed E-state index contributed by atoms with van der Waals surface area (Å²) >= 11 is 0. The minimum atomic E-state index is 0.0985. The molecule has 0 bridgehead atoms. The van der Waals surface area contributed by atoms with Crippen LogP contribution in [0.2, 0.25) is 0 Å². The number of nitrogens with zero attached hydrogens (tertiary/aromatic N) is 2. The van der Waals surface area contributed by atoms with E-state index in [0.29, 0.717) is 6.54 Å². The van der Waals surface area contributed by atoms with Crippen molar-refractivity contribution in [2.75, 3.05) is 11.9 Å². The second-order valence-corrected chi connectivity index (χ2v) is 4.61. The van der Waals surface area contributed by atoms with Crippen LogP contribution in [-0.4, -0.2) is 16.3 Å². The van der Waals surface area contributed by atoms with Gasteiger partial charge in [-0.25, -0.2) is 0 Å². The maximum atomic E-state index is 5.86. The molecule has 96 valence electrons. The van der Waals surface area contributed by atoms with Crippen molar-refractivity contribution in [3.05, 3.63) is 47.3 Å². The second kappa shape index (κ2) is 5.23. The van der Waals surface area contributed by atoms with Gasteiger partial charge in [-0.1, -0.05) is 17.7 Å². The first kappa shape index (κ1) is 12.6. The average Bonchev–Trinajstić information content (AvgIpc) is 2.70. The van der Waals surface area contributed by atoms with Crippen molar-refractivity contribution in [3.8, 4) is 0 Å². The first-order valence-electron chi connectivity index (χ1n) is 6.13. The first-order chi connectivity index (χ1) is 8.61. The Balaban J connectivity index is 2.19. The van der Waals surface area contributed by atoms with E-state index in [1.165, 1.54) is 5.56 Å². The Morgan fingerprint density at radius 3 is 2.44 bits per heavy atom. The van der Waals surface area contributed by atoms with E-state index in [1.807, 2.05) is 17.9 Å². The quantitative estimate of drug-likeness (QED) is 0.866. The lowest BCUT2D eigenvalue weighted by molar-refractivity contribution is 0.728. The maximum Gasteiger partial charge on any atom is 0.0669 e. The van der Waals surface area contributed by atoms with Crippen molar-refractivity contribution >= 4 is 5.69 Å². The molecule has 4 heteroatoms. The number of rotatable bonds is 4. The van der Waals surface area contributed by atoms with E-state index in [-0.39, 0.29) is 6.04 Å². The fourth-order valence-electron chi connectivity index (χ4n) is 1.97. The van der Waals surface area contributed by atoms with Crippen molar-refractivity contribution in [2.24, 2.45) is 12.8 Å². The molecular formula is C14H20N4. The lowest BCUT2D eigenvalue weighted by Crippen LogP contribution is -2.21. The second-order valence-electron chi connectivity index (χ2n) is 4.61. The molecule has 1 atom stereocenters. The fourth-order valence-corrected chi connectivity index (χ4v) is 1.97. The summed E-state index contributed by atoms with van der Waals surface area (Å²) in [6.07, 6.45) is 1.88. The Morgan fingerprint density at radius 2 is 1.94 bits per heavy atom. The van der Waals surface area contributed by atoms with Gasteiger partial charge in [0.05, 0.1) is 12.2 Å². The van der Waals surface area contributed by atoms with Crippen LogP contribution in [0.4, 0.5) is 5.69 Å². The molecule has 0 aliphatic carbocycles. The van der Waals surface area contributed by atoms with Crippen LogP contribution in [0.1, 0.15) is 22.9 Å². The zero-order valence-electron chi connectivity index (χ0n) is 11.1. The molecule has 18 heavy (non-hydrogen) atoms. The van der Waals surface area contributed by atoms with Gasteiger partial charge in [-0.15, -0.1) is 0 Å². The Bertz CT molecular complexity index is 513. The third kappa shape index (κ3) is 2.54. The fraction of sp³-hybridized carbons (Fsp3) is 0.357. The Kier molecular flexibility index (Phi) is 3.67. The number of nitrogens with two attached hydrogens (primary N) is 1. The zero-order valence-corrected chi connectivity index (χ0v) is 11.1. The van der Waals surface area contributed by atoms with Crippen molar-refractivity contribution in [2.45, 2.75) is 19.9 Å². The Hall–Kier alpha value is -1.81. The van der Waals surface area contributed by atoms with Crippen molar-refractivity contribution in [1.29, 1.82) is 0 Å². The van der Waals surface area contributed by atoms with Crippen LogP contribution in [0.25, 0.3) is 0 Å². The minimum Gasteiger partial charge on any atom is -0.377 e. The third-order valence-electron chi connectivity index (χ3n) is 3.28. The summed E-state index contributed by atoms with van der Waals surface area (Å²) in [5.74, 6) is 0. The molecule has 2 rings (SSSR count). The lowest BCUT2D eigenvalue weighted by Gasteiger charge is -2.18. The smallest absolute Gasteiger partial charge is 0.0669 e. The number of anilines is 1. The summed E-state index contributed by atoms with van der Waals surface area (Å²) in [6, 6.07) is 8.42. The van der Waals surface area contributed by atoms with Gasteiger partial charge in [-0.2, -0.15) is 5.10 Å². The molecule has 0 saturated carbocycles. The van der Waals surface area contributed by atoms with Crippen LogP contribution < -0.4 is 11.1 Å². The molecule has 3 N–H and O–H groups in total. The standard InChI is InChI=1S/C14H20N4/c1-10-4-6-12(7-5-10)17-14(8-15)13-9-16-18(3)11(13)2/h4-7,9,14,17H,8,15H2,1-3H3. The van der Waals surface area contributed by atoms with Crippen molar-refractivity contribution < 1.29 is 0 Å². The molecule has 4 nitrogen and oxygen atoms in total. The third-order valence-corrected chi connectivity index (χ3v) is 3.28. The molecule has 1 aromatic carbocycles. The van der Waals surface area contributed by atoms with Crippen LogP contribution in [0.3, 0.4) is 0 Å². The maximum absolute atomic E-state index is 5.86. The SMILES string of the molecule is Cc1ccc(NC(CN)c2cnn(C)c2C)cc1. The molecule has 0 spiro atoms. The van der Waals surface area contributed by atoms with Crippen LogP contribution >= 0.6 is 0 Å². The van der Waals surface area contributed by atoms with E-state index in [4.69, 9.17) is 5.73 Å². The van der Waals surface area contributed by atoms with Gasteiger partial charge >= 0.3 is 0 Å². The van der Waals surface area contributed by atoms with Crippen molar-refractivity contribution in [3.63, 3.8) is 0 Å². The Labute approximate surface area is 108 Å². The molecule has 0 saturated heterocycles. The van der Waals surface area contributed by atoms with Gasteiger partial charge < -0.3 is 11.1 Å². The molecule has 1 aromatic heterocycles. The number of aromatic nitrogens is 2. The monoisotopic (exact) mass is 244 g/mol. The van der Waals surface area contributed by atoms with Crippen LogP contribution in [-0.2, 0) is 7.05 Å². The summed E-state index contributed by atoms with van der Waals surface area (Å²) in [5.41, 5.74) is 10.5.